The van der Waals surface area contributed by atoms with Gasteiger partial charge >= 0.3 is 0 Å². The molecule has 0 amide bonds. The zero-order chi connectivity index (χ0) is 10.1. The summed E-state index contributed by atoms with van der Waals surface area (Å²) in [4.78, 5) is 3.97. The van der Waals surface area contributed by atoms with Gasteiger partial charge in [0.15, 0.2) is 0 Å². The Labute approximate surface area is 90.0 Å². The fourth-order valence-corrected chi connectivity index (χ4v) is 1.24. The van der Waals surface area contributed by atoms with Crippen molar-refractivity contribution in [3.05, 3.63) is 42.2 Å². The van der Waals surface area contributed by atoms with E-state index in [4.69, 9.17) is 11.6 Å². The molecule has 0 aromatic carbocycles. The lowest BCUT2D eigenvalue weighted by Gasteiger charge is -2.01. The molecule has 0 radical (unpaired) electrons. The molecule has 0 saturated heterocycles. The number of pyridine rings is 1. The van der Waals surface area contributed by atoms with Crippen LogP contribution in [0.4, 0.5) is 0 Å². The number of alkyl halides is 1. The van der Waals surface area contributed by atoms with E-state index in [0.717, 1.165) is 19.5 Å². The van der Waals surface area contributed by atoms with Crippen molar-refractivity contribution in [1.29, 1.82) is 0 Å². The van der Waals surface area contributed by atoms with Crippen molar-refractivity contribution >= 4 is 11.6 Å². The maximum absolute atomic E-state index is 5.49. The normalized spacial score (nSPS) is 10.9. The summed E-state index contributed by atoms with van der Waals surface area (Å²) in [6.45, 7) is 1.87. The van der Waals surface area contributed by atoms with Crippen LogP contribution >= 0.6 is 11.6 Å². The van der Waals surface area contributed by atoms with Crippen LogP contribution < -0.4 is 5.32 Å². The Bertz CT molecular complexity index is 259. The summed E-state index contributed by atoms with van der Waals surface area (Å²) in [5, 5.41) is 3.30. The molecule has 0 aliphatic rings. The molecule has 0 atom stereocenters. The van der Waals surface area contributed by atoms with Crippen LogP contribution in [-0.2, 0) is 6.42 Å². The van der Waals surface area contributed by atoms with Crippen molar-refractivity contribution in [3.63, 3.8) is 0 Å². The van der Waals surface area contributed by atoms with Crippen molar-refractivity contribution in [2.24, 2.45) is 0 Å². The van der Waals surface area contributed by atoms with Crippen LogP contribution in [0.3, 0.4) is 0 Å². The fraction of sp³-hybridized carbons (Fsp3) is 0.364. The number of hydrogen-bond donors (Lipinski definition) is 1. The summed E-state index contributed by atoms with van der Waals surface area (Å²) in [5.74, 6) is 0.589. The van der Waals surface area contributed by atoms with Crippen molar-refractivity contribution in [2.45, 2.75) is 6.42 Å². The molecule has 3 heteroatoms. The van der Waals surface area contributed by atoms with Crippen LogP contribution in [0.2, 0.25) is 0 Å². The summed E-state index contributed by atoms with van der Waals surface area (Å²) >= 11 is 5.49. The Morgan fingerprint density at radius 1 is 1.29 bits per heavy atom. The van der Waals surface area contributed by atoms with E-state index in [1.54, 1.807) is 0 Å². The average molecular weight is 211 g/mol. The first kappa shape index (κ1) is 11.2. The molecule has 2 nitrogen and oxygen atoms in total. The van der Waals surface area contributed by atoms with Gasteiger partial charge in [-0.1, -0.05) is 12.2 Å². The summed E-state index contributed by atoms with van der Waals surface area (Å²) in [6, 6.07) is 4.08. The van der Waals surface area contributed by atoms with Gasteiger partial charge in [0.05, 0.1) is 0 Å². The lowest BCUT2D eigenvalue weighted by molar-refractivity contribution is 0.743. The van der Waals surface area contributed by atoms with E-state index in [9.17, 15) is 0 Å². The van der Waals surface area contributed by atoms with E-state index in [-0.39, 0.29) is 0 Å². The molecule has 1 aromatic rings. The van der Waals surface area contributed by atoms with Gasteiger partial charge < -0.3 is 5.32 Å². The molecule has 0 fully saturated rings. The van der Waals surface area contributed by atoms with E-state index in [0.29, 0.717) is 5.88 Å². The van der Waals surface area contributed by atoms with Gasteiger partial charge in [-0.05, 0) is 30.7 Å². The Kier molecular flexibility index (Phi) is 6.04. The second kappa shape index (κ2) is 7.54. The molecule has 0 saturated carbocycles. The first-order valence-electron chi connectivity index (χ1n) is 4.74. The van der Waals surface area contributed by atoms with Gasteiger partial charge in [-0.25, -0.2) is 0 Å². The highest BCUT2D eigenvalue weighted by Gasteiger charge is 1.89. The molecule has 0 unspecified atom stereocenters. The fourth-order valence-electron chi connectivity index (χ4n) is 1.11. The highest BCUT2D eigenvalue weighted by molar-refractivity contribution is 6.18. The Hall–Kier alpha value is -0.860. The summed E-state index contributed by atoms with van der Waals surface area (Å²) in [6.07, 6.45) is 8.67. The van der Waals surface area contributed by atoms with Gasteiger partial charge in [-0.15, -0.1) is 11.6 Å². The average Bonchev–Trinajstić information content (AvgIpc) is 2.25. The third-order valence-corrected chi connectivity index (χ3v) is 2.04. The third-order valence-electron chi connectivity index (χ3n) is 1.86. The highest BCUT2D eigenvalue weighted by atomic mass is 35.5. The van der Waals surface area contributed by atoms with Crippen molar-refractivity contribution in [2.75, 3.05) is 19.0 Å². The predicted molar refractivity (Wildman–Crippen MR) is 60.7 cm³/mol. The molecule has 1 heterocycles. The molecule has 0 aliphatic heterocycles. The van der Waals surface area contributed by atoms with E-state index in [2.05, 4.69) is 10.3 Å². The molecule has 1 aromatic heterocycles. The number of nitrogens with zero attached hydrogens (tertiary/aromatic N) is 1. The SMILES string of the molecule is ClC/C=C/CNCCc1ccncc1. The molecule has 0 aliphatic carbocycles. The predicted octanol–water partition coefficient (Wildman–Crippen LogP) is 2.01. The minimum atomic E-state index is 0.589. The van der Waals surface area contributed by atoms with E-state index >= 15 is 0 Å². The molecule has 76 valence electrons. The smallest absolute Gasteiger partial charge is 0.0404 e. The topological polar surface area (TPSA) is 24.9 Å². The second-order valence-electron chi connectivity index (χ2n) is 2.94. The maximum atomic E-state index is 5.49. The quantitative estimate of drug-likeness (QED) is 0.442. The van der Waals surface area contributed by atoms with Gasteiger partial charge in [-0.3, -0.25) is 4.98 Å². The first-order chi connectivity index (χ1) is 6.93. The molecule has 1 rings (SSSR count). The van der Waals surface area contributed by atoms with Gasteiger partial charge in [0.25, 0.3) is 0 Å². The zero-order valence-electron chi connectivity index (χ0n) is 8.12. The molecule has 14 heavy (non-hydrogen) atoms. The number of halogens is 1. The van der Waals surface area contributed by atoms with E-state index in [1.165, 1.54) is 5.56 Å². The van der Waals surface area contributed by atoms with Crippen LogP contribution in [0.15, 0.2) is 36.7 Å². The molecule has 1 N–H and O–H groups in total. The molecule has 0 spiro atoms. The van der Waals surface area contributed by atoms with Crippen LogP contribution in [0.5, 0.6) is 0 Å². The molecular weight excluding hydrogens is 196 g/mol. The van der Waals surface area contributed by atoms with Crippen LogP contribution in [0.1, 0.15) is 5.56 Å². The molecular formula is C11H15ClN2. The van der Waals surface area contributed by atoms with Gasteiger partial charge in [0.2, 0.25) is 0 Å². The lowest BCUT2D eigenvalue weighted by Crippen LogP contribution is -2.16. The van der Waals surface area contributed by atoms with Gasteiger partial charge in [0, 0.05) is 24.8 Å². The Morgan fingerprint density at radius 3 is 2.79 bits per heavy atom. The second-order valence-corrected chi connectivity index (χ2v) is 3.24. The van der Waals surface area contributed by atoms with Crippen molar-refractivity contribution in [3.8, 4) is 0 Å². The minimum Gasteiger partial charge on any atom is -0.313 e. The number of aromatic nitrogens is 1. The largest absolute Gasteiger partial charge is 0.313 e. The third kappa shape index (κ3) is 5.00. The number of nitrogens with one attached hydrogen (secondary N) is 1. The Morgan fingerprint density at radius 2 is 2.07 bits per heavy atom. The summed E-state index contributed by atoms with van der Waals surface area (Å²) in [7, 11) is 0. The monoisotopic (exact) mass is 210 g/mol. The minimum absolute atomic E-state index is 0.589. The number of rotatable bonds is 6. The van der Waals surface area contributed by atoms with Crippen molar-refractivity contribution in [1.82, 2.24) is 10.3 Å². The maximum Gasteiger partial charge on any atom is 0.0404 e. The summed E-state index contributed by atoms with van der Waals surface area (Å²) in [5.41, 5.74) is 1.31. The van der Waals surface area contributed by atoms with Gasteiger partial charge in [0.1, 0.15) is 0 Å². The number of hydrogen-bond acceptors (Lipinski definition) is 2. The van der Waals surface area contributed by atoms with Crippen LogP contribution in [0, 0.1) is 0 Å². The summed E-state index contributed by atoms with van der Waals surface area (Å²) < 4.78 is 0. The highest BCUT2D eigenvalue weighted by Crippen LogP contribution is 1.95. The lowest BCUT2D eigenvalue weighted by atomic mass is 10.2. The molecule has 0 bridgehead atoms. The van der Waals surface area contributed by atoms with Gasteiger partial charge in [-0.2, -0.15) is 0 Å². The van der Waals surface area contributed by atoms with Crippen LogP contribution in [-0.4, -0.2) is 24.0 Å². The first-order valence-corrected chi connectivity index (χ1v) is 5.27. The van der Waals surface area contributed by atoms with E-state index < -0.39 is 0 Å². The number of allylic oxidation sites excluding steroid dienone is 1. The standard InChI is InChI=1S/C11H15ClN2/c12-6-1-2-7-13-8-3-11-4-9-14-10-5-11/h1-2,4-5,9-10,13H,3,6-8H2/b2-1+. The Balaban J connectivity index is 2.07. The van der Waals surface area contributed by atoms with Crippen molar-refractivity contribution < 1.29 is 0 Å². The van der Waals surface area contributed by atoms with Crippen LogP contribution in [0.25, 0.3) is 0 Å². The zero-order valence-corrected chi connectivity index (χ0v) is 8.87. The van der Waals surface area contributed by atoms with E-state index in [1.807, 2.05) is 36.7 Å².